The number of allylic oxidation sites excluding steroid dienone is 2. The molecule has 1 heterocycles. The van der Waals surface area contributed by atoms with Gasteiger partial charge in [0.15, 0.2) is 0 Å². The van der Waals surface area contributed by atoms with Crippen LogP contribution in [0.5, 0.6) is 0 Å². The molecule has 22 heavy (non-hydrogen) atoms. The molecule has 1 aromatic rings. The minimum absolute atomic E-state index is 0.146. The number of nitrogens with zero attached hydrogens (tertiary/aromatic N) is 2. The van der Waals surface area contributed by atoms with Gasteiger partial charge in [0.1, 0.15) is 5.82 Å². The van der Waals surface area contributed by atoms with Gasteiger partial charge in [-0.05, 0) is 62.4 Å². The first-order chi connectivity index (χ1) is 10.8. The molecule has 0 spiro atoms. The summed E-state index contributed by atoms with van der Waals surface area (Å²) in [6, 6.07) is 6.95. The average Bonchev–Trinajstić information content (AvgIpc) is 2.76. The molecule has 1 unspecified atom stereocenters. The van der Waals surface area contributed by atoms with Gasteiger partial charge in [0, 0.05) is 26.2 Å². The zero-order valence-corrected chi connectivity index (χ0v) is 13.4. The predicted molar refractivity (Wildman–Crippen MR) is 89.2 cm³/mol. The molecule has 1 atom stereocenters. The minimum atomic E-state index is -0.146. The Morgan fingerprint density at radius 1 is 0.955 bits per heavy atom. The summed E-state index contributed by atoms with van der Waals surface area (Å²) in [5.74, 6) is 0.709. The van der Waals surface area contributed by atoms with Crippen LogP contribution in [0.2, 0.25) is 0 Å². The number of rotatable bonds is 4. The smallest absolute Gasteiger partial charge is 0.123 e. The van der Waals surface area contributed by atoms with Crippen LogP contribution in [0.1, 0.15) is 31.2 Å². The van der Waals surface area contributed by atoms with Gasteiger partial charge in [0.05, 0.1) is 0 Å². The van der Waals surface area contributed by atoms with Crippen molar-refractivity contribution in [1.82, 2.24) is 9.80 Å². The van der Waals surface area contributed by atoms with Crippen molar-refractivity contribution in [1.29, 1.82) is 0 Å². The number of hydrogen-bond donors (Lipinski definition) is 0. The van der Waals surface area contributed by atoms with Gasteiger partial charge in [-0.2, -0.15) is 0 Å². The van der Waals surface area contributed by atoms with Crippen molar-refractivity contribution in [3.05, 3.63) is 47.8 Å². The Hall–Kier alpha value is -1.19. The molecule has 1 aliphatic carbocycles. The normalized spacial score (nSPS) is 24.3. The fourth-order valence-corrected chi connectivity index (χ4v) is 3.60. The Bertz CT molecular complexity index is 483. The lowest BCUT2D eigenvalue weighted by Gasteiger charge is -2.27. The van der Waals surface area contributed by atoms with Crippen LogP contribution in [0, 0.1) is 11.7 Å². The number of benzene rings is 1. The van der Waals surface area contributed by atoms with Gasteiger partial charge < -0.3 is 4.90 Å². The second-order valence-electron chi connectivity index (χ2n) is 6.71. The second kappa shape index (κ2) is 7.89. The van der Waals surface area contributed by atoms with E-state index >= 15 is 0 Å². The van der Waals surface area contributed by atoms with E-state index in [9.17, 15) is 4.39 Å². The summed E-state index contributed by atoms with van der Waals surface area (Å²) in [4.78, 5) is 5.16. The molecule has 2 aliphatic rings. The maximum absolute atomic E-state index is 13.0. The molecule has 0 saturated carbocycles. The molecule has 2 nitrogen and oxygen atoms in total. The number of halogens is 1. The third-order valence-electron chi connectivity index (χ3n) is 4.89. The van der Waals surface area contributed by atoms with E-state index < -0.39 is 0 Å². The van der Waals surface area contributed by atoms with E-state index in [0.717, 1.165) is 25.6 Å². The van der Waals surface area contributed by atoms with Crippen LogP contribution in [0.25, 0.3) is 0 Å². The molecule has 0 radical (unpaired) electrons. The molecule has 120 valence electrons. The molecule has 0 N–H and O–H groups in total. The summed E-state index contributed by atoms with van der Waals surface area (Å²) in [7, 11) is 0. The largest absolute Gasteiger partial charge is 0.302 e. The Morgan fingerprint density at radius 3 is 2.50 bits per heavy atom. The topological polar surface area (TPSA) is 6.48 Å². The van der Waals surface area contributed by atoms with Crippen LogP contribution in [0.4, 0.5) is 4.39 Å². The highest BCUT2D eigenvalue weighted by atomic mass is 19.1. The van der Waals surface area contributed by atoms with Crippen molar-refractivity contribution in [2.45, 2.75) is 32.2 Å². The first-order valence-electron chi connectivity index (χ1n) is 8.64. The van der Waals surface area contributed by atoms with Gasteiger partial charge in [-0.1, -0.05) is 24.3 Å². The van der Waals surface area contributed by atoms with Gasteiger partial charge in [-0.25, -0.2) is 4.39 Å². The molecule has 0 bridgehead atoms. The van der Waals surface area contributed by atoms with Crippen molar-refractivity contribution in [2.24, 2.45) is 5.92 Å². The lowest BCUT2D eigenvalue weighted by Crippen LogP contribution is -2.34. The maximum atomic E-state index is 13.0. The molecular formula is C19H27FN2. The summed E-state index contributed by atoms with van der Waals surface area (Å²) in [5.41, 5.74) is 1.22. The number of hydrogen-bond acceptors (Lipinski definition) is 2. The molecule has 0 aromatic heterocycles. The fourth-order valence-electron chi connectivity index (χ4n) is 3.60. The lowest BCUT2D eigenvalue weighted by molar-refractivity contribution is 0.219. The Kier molecular flexibility index (Phi) is 5.63. The van der Waals surface area contributed by atoms with Gasteiger partial charge in [-0.15, -0.1) is 0 Å². The average molecular weight is 302 g/mol. The van der Waals surface area contributed by atoms with Gasteiger partial charge >= 0.3 is 0 Å². The summed E-state index contributed by atoms with van der Waals surface area (Å²) in [5, 5.41) is 0. The monoisotopic (exact) mass is 302 g/mol. The second-order valence-corrected chi connectivity index (χ2v) is 6.71. The van der Waals surface area contributed by atoms with Crippen LogP contribution >= 0.6 is 0 Å². The predicted octanol–water partition coefficient (Wildman–Crippen LogP) is 3.69. The van der Waals surface area contributed by atoms with Gasteiger partial charge in [0.2, 0.25) is 0 Å². The summed E-state index contributed by atoms with van der Waals surface area (Å²) < 4.78 is 13.0. The highest BCUT2D eigenvalue weighted by Gasteiger charge is 2.18. The Labute approximate surface area is 133 Å². The summed E-state index contributed by atoms with van der Waals surface area (Å²) >= 11 is 0. The van der Waals surface area contributed by atoms with E-state index in [-0.39, 0.29) is 5.82 Å². The van der Waals surface area contributed by atoms with E-state index in [2.05, 4.69) is 22.0 Å². The van der Waals surface area contributed by atoms with E-state index in [1.165, 1.54) is 50.9 Å². The molecule has 3 heteroatoms. The molecule has 1 aliphatic heterocycles. The molecule has 1 fully saturated rings. The third kappa shape index (κ3) is 4.65. The highest BCUT2D eigenvalue weighted by molar-refractivity contribution is 5.15. The van der Waals surface area contributed by atoms with E-state index in [1.807, 2.05) is 12.1 Å². The van der Waals surface area contributed by atoms with E-state index in [4.69, 9.17) is 0 Å². The van der Waals surface area contributed by atoms with Crippen molar-refractivity contribution in [2.75, 3.05) is 32.7 Å². The van der Waals surface area contributed by atoms with E-state index in [1.54, 1.807) is 12.1 Å². The van der Waals surface area contributed by atoms with Crippen LogP contribution in [-0.2, 0) is 6.54 Å². The Balaban J connectivity index is 1.47. The highest BCUT2D eigenvalue weighted by Crippen LogP contribution is 2.20. The fraction of sp³-hybridized carbons (Fsp3) is 0.579. The van der Waals surface area contributed by atoms with E-state index in [0.29, 0.717) is 0 Å². The Morgan fingerprint density at radius 2 is 1.73 bits per heavy atom. The van der Waals surface area contributed by atoms with Crippen molar-refractivity contribution >= 4 is 0 Å². The quantitative estimate of drug-likeness (QED) is 0.783. The summed E-state index contributed by atoms with van der Waals surface area (Å²) in [6.45, 7) is 6.87. The first kappa shape index (κ1) is 15.7. The van der Waals surface area contributed by atoms with Gasteiger partial charge in [0.25, 0.3) is 0 Å². The minimum Gasteiger partial charge on any atom is -0.302 e. The van der Waals surface area contributed by atoms with Crippen LogP contribution < -0.4 is 0 Å². The van der Waals surface area contributed by atoms with Crippen molar-refractivity contribution in [3.63, 3.8) is 0 Å². The third-order valence-corrected chi connectivity index (χ3v) is 4.89. The molecule has 1 aromatic carbocycles. The zero-order chi connectivity index (χ0) is 15.2. The van der Waals surface area contributed by atoms with Crippen LogP contribution in [-0.4, -0.2) is 42.5 Å². The molecular weight excluding hydrogens is 275 g/mol. The molecule has 1 saturated heterocycles. The SMILES string of the molecule is Fc1ccc(CN2CCCN(CC3CC=CCC3)CC2)cc1. The van der Waals surface area contributed by atoms with Crippen LogP contribution in [0.15, 0.2) is 36.4 Å². The lowest BCUT2D eigenvalue weighted by atomic mass is 9.94. The summed E-state index contributed by atoms with van der Waals surface area (Å²) in [6.07, 6.45) is 9.79. The van der Waals surface area contributed by atoms with Crippen molar-refractivity contribution < 1.29 is 4.39 Å². The first-order valence-corrected chi connectivity index (χ1v) is 8.64. The zero-order valence-electron chi connectivity index (χ0n) is 13.4. The van der Waals surface area contributed by atoms with Crippen LogP contribution in [0.3, 0.4) is 0 Å². The standard InChI is InChI=1S/C19H27FN2/c20-19-9-7-18(8-10-19)16-22-12-4-11-21(13-14-22)15-17-5-2-1-3-6-17/h1-2,7-10,17H,3-6,11-16H2. The molecule has 3 rings (SSSR count). The maximum Gasteiger partial charge on any atom is 0.123 e. The molecule has 0 amide bonds. The van der Waals surface area contributed by atoms with Gasteiger partial charge in [-0.3, -0.25) is 4.90 Å². The van der Waals surface area contributed by atoms with Crippen molar-refractivity contribution in [3.8, 4) is 0 Å².